The van der Waals surface area contributed by atoms with Crippen molar-refractivity contribution in [3.63, 3.8) is 0 Å². The highest BCUT2D eigenvalue weighted by atomic mass is 19.4. The van der Waals surface area contributed by atoms with E-state index in [9.17, 15) is 13.2 Å². The highest BCUT2D eigenvalue weighted by Crippen LogP contribution is 2.34. The highest BCUT2D eigenvalue weighted by Gasteiger charge is 2.35. The fourth-order valence-electron chi connectivity index (χ4n) is 4.00. The minimum absolute atomic E-state index is 0.0293. The van der Waals surface area contributed by atoms with E-state index in [4.69, 9.17) is 0 Å². The van der Waals surface area contributed by atoms with E-state index >= 15 is 0 Å². The Morgan fingerprint density at radius 1 is 1.09 bits per heavy atom. The van der Waals surface area contributed by atoms with Crippen LogP contribution < -0.4 is 10.6 Å². The number of alkyl halides is 3. The molecule has 13 heteroatoms. The van der Waals surface area contributed by atoms with Gasteiger partial charge < -0.3 is 15.2 Å². The molecule has 1 aliphatic rings. The number of nitrogens with one attached hydrogen (secondary N) is 2. The summed E-state index contributed by atoms with van der Waals surface area (Å²) in [6, 6.07) is 0.106. The summed E-state index contributed by atoms with van der Waals surface area (Å²) in [6.45, 7) is 4.59. The Morgan fingerprint density at radius 2 is 1.91 bits per heavy atom. The van der Waals surface area contributed by atoms with Gasteiger partial charge in [0.2, 0.25) is 5.95 Å². The quantitative estimate of drug-likeness (QED) is 0.472. The maximum atomic E-state index is 13.1. The van der Waals surface area contributed by atoms with E-state index in [1.165, 1.54) is 7.05 Å². The number of imidazole rings is 1. The molecule has 0 bridgehead atoms. The molecule has 33 heavy (non-hydrogen) atoms. The topological polar surface area (TPSA) is 103 Å². The molecule has 0 fully saturated rings. The Bertz CT molecular complexity index is 1320. The van der Waals surface area contributed by atoms with Gasteiger partial charge in [-0.15, -0.1) is 0 Å². The van der Waals surface area contributed by atoms with Crippen LogP contribution in [0, 0.1) is 13.8 Å². The van der Waals surface area contributed by atoms with Crippen molar-refractivity contribution < 1.29 is 13.2 Å². The molecule has 0 saturated carbocycles. The molecule has 4 aromatic heterocycles. The predicted octanol–water partition coefficient (Wildman–Crippen LogP) is 3.47. The molecule has 0 aliphatic carbocycles. The van der Waals surface area contributed by atoms with Gasteiger partial charge in [-0.05, 0) is 20.3 Å². The van der Waals surface area contributed by atoms with Crippen LogP contribution in [0.4, 0.5) is 30.6 Å². The molecule has 0 aromatic carbocycles. The second-order valence-electron chi connectivity index (χ2n) is 7.80. The standard InChI is InChI=1S/C20H21F3N10/c1-11-14(27-19-26-6-13(20(21,22)23)18(24-3)28-19)8-32(29-11)17-9-33(30-12(17)2)15-4-5-31-10-25-7-16(15)31/h6-10,15H,4-5H2,1-3H3,(H2,24,26,27,28)/t15-/m0/s1. The van der Waals surface area contributed by atoms with Crippen molar-refractivity contribution in [2.75, 3.05) is 17.7 Å². The summed E-state index contributed by atoms with van der Waals surface area (Å²) in [6.07, 6.45) is 4.49. The number of nitrogens with zero attached hydrogens (tertiary/aromatic N) is 8. The van der Waals surface area contributed by atoms with Crippen LogP contribution >= 0.6 is 0 Å². The van der Waals surface area contributed by atoms with Gasteiger partial charge in [0.25, 0.3) is 0 Å². The monoisotopic (exact) mass is 458 g/mol. The fourth-order valence-corrected chi connectivity index (χ4v) is 4.00. The first-order valence-electron chi connectivity index (χ1n) is 10.3. The van der Waals surface area contributed by atoms with E-state index < -0.39 is 11.7 Å². The fraction of sp³-hybridized carbons (Fsp3) is 0.350. The second kappa shape index (κ2) is 7.60. The molecule has 1 aliphatic heterocycles. The molecular weight excluding hydrogens is 437 g/mol. The second-order valence-corrected chi connectivity index (χ2v) is 7.80. The van der Waals surface area contributed by atoms with E-state index in [1.807, 2.05) is 30.3 Å². The zero-order chi connectivity index (χ0) is 23.3. The molecule has 0 radical (unpaired) electrons. The van der Waals surface area contributed by atoms with Gasteiger partial charge in [0.1, 0.15) is 17.1 Å². The van der Waals surface area contributed by atoms with Crippen molar-refractivity contribution in [2.24, 2.45) is 0 Å². The van der Waals surface area contributed by atoms with Crippen LogP contribution in [0.2, 0.25) is 0 Å². The van der Waals surface area contributed by atoms with E-state index in [2.05, 4.69) is 40.3 Å². The molecule has 0 saturated heterocycles. The average Bonchev–Trinajstić information content (AvgIpc) is 3.52. The lowest BCUT2D eigenvalue weighted by Crippen LogP contribution is -2.12. The molecular formula is C20H21F3N10. The first-order valence-corrected chi connectivity index (χ1v) is 10.3. The predicted molar refractivity (Wildman–Crippen MR) is 114 cm³/mol. The Hall–Kier alpha value is -3.90. The minimum Gasteiger partial charge on any atom is -0.372 e. The third kappa shape index (κ3) is 3.68. The van der Waals surface area contributed by atoms with E-state index in [1.54, 1.807) is 17.8 Å². The van der Waals surface area contributed by atoms with Gasteiger partial charge in [-0.3, -0.25) is 4.68 Å². The lowest BCUT2D eigenvalue weighted by atomic mass is 10.2. The molecule has 5 rings (SSSR count). The van der Waals surface area contributed by atoms with E-state index in [0.717, 1.165) is 36.2 Å². The normalized spacial score (nSPS) is 15.6. The molecule has 4 aromatic rings. The molecule has 5 heterocycles. The van der Waals surface area contributed by atoms with Crippen molar-refractivity contribution >= 4 is 17.5 Å². The number of aryl methyl sites for hydroxylation is 3. The van der Waals surface area contributed by atoms with E-state index in [-0.39, 0.29) is 17.8 Å². The van der Waals surface area contributed by atoms with Crippen molar-refractivity contribution in [2.45, 2.75) is 39.0 Å². The SMILES string of the molecule is CNc1nc(Nc2cn(-c3cn([C@H]4CCn5cncc54)nc3C)nc2C)ncc1C(F)(F)F. The Balaban J connectivity index is 1.42. The third-order valence-corrected chi connectivity index (χ3v) is 5.66. The summed E-state index contributed by atoms with van der Waals surface area (Å²) < 4.78 is 45.0. The summed E-state index contributed by atoms with van der Waals surface area (Å²) in [5.41, 5.74) is 2.99. The van der Waals surface area contributed by atoms with Crippen LogP contribution in [0.5, 0.6) is 0 Å². The summed E-state index contributed by atoms with van der Waals surface area (Å²) in [4.78, 5) is 12.0. The van der Waals surface area contributed by atoms with Crippen LogP contribution in [0.25, 0.3) is 5.69 Å². The van der Waals surface area contributed by atoms with Crippen molar-refractivity contribution in [1.82, 2.24) is 39.1 Å². The van der Waals surface area contributed by atoms with Gasteiger partial charge in [0, 0.05) is 19.8 Å². The van der Waals surface area contributed by atoms with Crippen molar-refractivity contribution in [3.05, 3.63) is 53.8 Å². The van der Waals surface area contributed by atoms with Gasteiger partial charge in [0.15, 0.2) is 0 Å². The molecule has 172 valence electrons. The Kier molecular flexibility index (Phi) is 4.83. The summed E-state index contributed by atoms with van der Waals surface area (Å²) in [5, 5.41) is 14.6. The maximum Gasteiger partial charge on any atom is 0.421 e. The number of anilines is 3. The first-order chi connectivity index (χ1) is 15.7. The van der Waals surface area contributed by atoms with Crippen LogP contribution in [-0.2, 0) is 12.7 Å². The van der Waals surface area contributed by atoms with Crippen molar-refractivity contribution in [1.29, 1.82) is 0 Å². The van der Waals surface area contributed by atoms with Crippen LogP contribution in [0.15, 0.2) is 31.1 Å². The minimum atomic E-state index is -4.55. The molecule has 2 N–H and O–H groups in total. The van der Waals surface area contributed by atoms with Crippen LogP contribution in [-0.4, -0.2) is 46.1 Å². The number of fused-ring (bicyclic) bond motifs is 1. The maximum absolute atomic E-state index is 13.1. The van der Waals surface area contributed by atoms with Gasteiger partial charge in [-0.25, -0.2) is 14.6 Å². The highest BCUT2D eigenvalue weighted by molar-refractivity contribution is 5.58. The van der Waals surface area contributed by atoms with Gasteiger partial charge in [-0.1, -0.05) is 0 Å². The van der Waals surface area contributed by atoms with Crippen molar-refractivity contribution in [3.8, 4) is 5.69 Å². The first kappa shape index (κ1) is 21.0. The molecule has 0 amide bonds. The zero-order valence-corrected chi connectivity index (χ0v) is 18.1. The number of rotatable bonds is 5. The van der Waals surface area contributed by atoms with Crippen LogP contribution in [0.3, 0.4) is 0 Å². The van der Waals surface area contributed by atoms with Crippen LogP contribution in [0.1, 0.15) is 35.1 Å². The average molecular weight is 458 g/mol. The molecule has 10 nitrogen and oxygen atoms in total. The van der Waals surface area contributed by atoms with Gasteiger partial charge in [0.05, 0.1) is 53.7 Å². The summed E-state index contributed by atoms with van der Waals surface area (Å²) >= 11 is 0. The van der Waals surface area contributed by atoms with Gasteiger partial charge in [-0.2, -0.15) is 28.4 Å². The van der Waals surface area contributed by atoms with Gasteiger partial charge >= 0.3 is 6.18 Å². The molecule has 0 unspecified atom stereocenters. The third-order valence-electron chi connectivity index (χ3n) is 5.66. The van der Waals surface area contributed by atoms with E-state index in [0.29, 0.717) is 11.4 Å². The number of hydrogen-bond donors (Lipinski definition) is 2. The Morgan fingerprint density at radius 3 is 2.67 bits per heavy atom. The number of hydrogen-bond acceptors (Lipinski definition) is 7. The number of aromatic nitrogens is 8. The number of halogens is 3. The summed E-state index contributed by atoms with van der Waals surface area (Å²) in [7, 11) is 1.38. The largest absolute Gasteiger partial charge is 0.421 e. The summed E-state index contributed by atoms with van der Waals surface area (Å²) in [5.74, 6) is -0.278. The molecule has 1 atom stereocenters. The smallest absolute Gasteiger partial charge is 0.372 e. The molecule has 0 spiro atoms. The zero-order valence-electron chi connectivity index (χ0n) is 18.1. The lowest BCUT2D eigenvalue weighted by molar-refractivity contribution is -0.137. The Labute approximate surface area is 186 Å². The lowest BCUT2D eigenvalue weighted by Gasteiger charge is -2.12.